The molecule has 12 heteroatoms. The molecule has 0 saturated carbocycles. The van der Waals surface area contributed by atoms with Crippen LogP contribution in [-0.4, -0.2) is 75.5 Å². The van der Waals surface area contributed by atoms with Crippen molar-refractivity contribution in [3.8, 4) is 6.07 Å². The van der Waals surface area contributed by atoms with E-state index in [9.17, 15) is 8.42 Å². The maximum atomic E-state index is 13.3. The molecule has 2 bridgehead atoms. The molecular formula is C24H29N9O2S. The van der Waals surface area contributed by atoms with Crippen molar-refractivity contribution < 1.29 is 8.42 Å². The van der Waals surface area contributed by atoms with E-state index in [1.165, 1.54) is 4.31 Å². The minimum Gasteiger partial charge on any atom is -0.356 e. The van der Waals surface area contributed by atoms with E-state index in [1.807, 2.05) is 38.2 Å². The lowest BCUT2D eigenvalue weighted by Gasteiger charge is -2.45. The molecule has 0 aliphatic carbocycles. The van der Waals surface area contributed by atoms with E-state index in [2.05, 4.69) is 31.5 Å². The minimum atomic E-state index is -3.54. The molecule has 6 rings (SSSR count). The van der Waals surface area contributed by atoms with E-state index in [0.717, 1.165) is 48.1 Å². The van der Waals surface area contributed by atoms with Gasteiger partial charge < -0.3 is 10.2 Å². The first kappa shape index (κ1) is 23.1. The van der Waals surface area contributed by atoms with Gasteiger partial charge >= 0.3 is 0 Å². The lowest BCUT2D eigenvalue weighted by molar-refractivity contribution is 0.177. The largest absolute Gasteiger partial charge is 0.356 e. The van der Waals surface area contributed by atoms with E-state index >= 15 is 0 Å². The molecule has 3 atom stereocenters. The molecule has 3 aromatic rings. The zero-order chi connectivity index (χ0) is 25.0. The van der Waals surface area contributed by atoms with Crippen molar-refractivity contribution in [1.29, 1.82) is 5.26 Å². The molecule has 0 unspecified atom stereocenters. The monoisotopic (exact) mass is 507 g/mol. The van der Waals surface area contributed by atoms with Crippen LogP contribution in [-0.2, 0) is 10.2 Å². The Bertz CT molecular complexity index is 1430. The highest BCUT2D eigenvalue weighted by Crippen LogP contribution is 2.42. The number of nitrogens with zero attached hydrogens (tertiary/aromatic N) is 7. The minimum absolute atomic E-state index is 0.0416. The smallest absolute Gasteiger partial charge is 0.282 e. The van der Waals surface area contributed by atoms with Gasteiger partial charge in [-0.05, 0) is 44.7 Å². The molecule has 11 nitrogen and oxygen atoms in total. The van der Waals surface area contributed by atoms with Crippen molar-refractivity contribution in [2.75, 3.05) is 30.4 Å². The molecule has 6 heterocycles. The summed E-state index contributed by atoms with van der Waals surface area (Å²) in [5, 5.41) is 20.5. The number of hydrogen-bond acceptors (Lipinski definition) is 8. The molecule has 0 spiro atoms. The second-order valence-electron chi connectivity index (χ2n) is 10.1. The molecule has 3 aromatic heterocycles. The number of hydrogen-bond donors (Lipinski definition) is 2. The predicted molar refractivity (Wildman–Crippen MR) is 136 cm³/mol. The van der Waals surface area contributed by atoms with Gasteiger partial charge in [-0.15, -0.1) is 0 Å². The number of rotatable bonds is 6. The fourth-order valence-electron chi connectivity index (χ4n) is 5.82. The Kier molecular flexibility index (Phi) is 5.59. The van der Waals surface area contributed by atoms with Crippen LogP contribution in [0.1, 0.15) is 31.4 Å². The maximum absolute atomic E-state index is 13.3. The summed E-state index contributed by atoms with van der Waals surface area (Å²) in [5.41, 5.74) is 1.78. The third-order valence-corrected chi connectivity index (χ3v) is 9.77. The van der Waals surface area contributed by atoms with Gasteiger partial charge in [0.1, 0.15) is 11.6 Å². The van der Waals surface area contributed by atoms with Crippen LogP contribution in [0.3, 0.4) is 0 Å². The molecule has 0 amide bonds. The Hall–Kier alpha value is -3.27. The quantitative estimate of drug-likeness (QED) is 0.520. The Morgan fingerprint density at radius 3 is 2.61 bits per heavy atom. The predicted octanol–water partition coefficient (Wildman–Crippen LogP) is 2.54. The molecule has 188 valence electrons. The standard InChI is InChI=1S/C24H29N9O2S/c1-15-8-23(30-29-15)27-22-11-21-20(4-3-7-26-21)24(28-22)31(2)19-9-17-5-6-18(10-19)33(17)36(34,35)32-13-16(12-25)14-32/h3-4,7-8,11,16-19H,5-6,9-10,13-14H2,1-2H3,(H2,27,28,29,30)/t17-,18+,19-. The van der Waals surface area contributed by atoms with Gasteiger partial charge in [0.25, 0.3) is 10.2 Å². The number of aromatic nitrogens is 4. The Labute approximate surface area is 210 Å². The van der Waals surface area contributed by atoms with Crippen LogP contribution >= 0.6 is 0 Å². The number of pyridine rings is 2. The van der Waals surface area contributed by atoms with Crippen molar-refractivity contribution in [3.05, 3.63) is 36.2 Å². The van der Waals surface area contributed by atoms with Gasteiger partial charge in [-0.25, -0.2) is 4.98 Å². The zero-order valence-electron chi connectivity index (χ0n) is 20.3. The van der Waals surface area contributed by atoms with Gasteiger partial charge in [-0.3, -0.25) is 10.1 Å². The first-order valence-electron chi connectivity index (χ1n) is 12.3. The molecule has 36 heavy (non-hydrogen) atoms. The fraction of sp³-hybridized carbons (Fsp3) is 0.500. The van der Waals surface area contributed by atoms with E-state index in [1.54, 1.807) is 10.5 Å². The molecule has 3 saturated heterocycles. The van der Waals surface area contributed by atoms with Gasteiger partial charge in [-0.1, -0.05) is 0 Å². The third-order valence-electron chi connectivity index (χ3n) is 7.69. The summed E-state index contributed by atoms with van der Waals surface area (Å²) >= 11 is 0. The highest BCUT2D eigenvalue weighted by molar-refractivity contribution is 7.86. The van der Waals surface area contributed by atoms with Crippen LogP contribution in [0.5, 0.6) is 0 Å². The molecule has 3 aliphatic rings. The molecule has 0 aromatic carbocycles. The normalized spacial score (nSPS) is 25.0. The summed E-state index contributed by atoms with van der Waals surface area (Å²) in [6.45, 7) is 2.55. The number of anilines is 3. The van der Waals surface area contributed by atoms with Crippen molar-refractivity contribution in [3.63, 3.8) is 0 Å². The number of fused-ring (bicyclic) bond motifs is 3. The zero-order valence-corrected chi connectivity index (χ0v) is 21.1. The number of H-pyrrole nitrogens is 1. The lowest BCUT2D eigenvalue weighted by atomic mass is 9.98. The van der Waals surface area contributed by atoms with Gasteiger partial charge in [-0.2, -0.15) is 27.4 Å². The molecule has 3 aliphatic heterocycles. The highest BCUT2D eigenvalue weighted by Gasteiger charge is 2.51. The van der Waals surface area contributed by atoms with E-state index in [-0.39, 0.29) is 24.0 Å². The van der Waals surface area contributed by atoms with Crippen molar-refractivity contribution >= 4 is 38.6 Å². The Balaban J connectivity index is 1.26. The molecule has 0 radical (unpaired) electrons. The first-order valence-corrected chi connectivity index (χ1v) is 13.7. The van der Waals surface area contributed by atoms with Crippen LogP contribution in [0.25, 0.3) is 10.9 Å². The lowest BCUT2D eigenvalue weighted by Crippen LogP contribution is -2.60. The maximum Gasteiger partial charge on any atom is 0.282 e. The number of aryl methyl sites for hydroxylation is 1. The molecule has 3 fully saturated rings. The fourth-order valence-corrected chi connectivity index (χ4v) is 7.96. The Morgan fingerprint density at radius 2 is 1.94 bits per heavy atom. The second kappa shape index (κ2) is 8.69. The van der Waals surface area contributed by atoms with Crippen LogP contribution < -0.4 is 10.2 Å². The van der Waals surface area contributed by atoms with E-state index < -0.39 is 10.2 Å². The van der Waals surface area contributed by atoms with Gasteiger partial charge in [0.2, 0.25) is 0 Å². The van der Waals surface area contributed by atoms with Crippen LogP contribution in [0, 0.1) is 24.2 Å². The first-order chi connectivity index (χ1) is 17.3. The van der Waals surface area contributed by atoms with E-state index in [0.29, 0.717) is 24.7 Å². The van der Waals surface area contributed by atoms with Crippen LogP contribution in [0.4, 0.5) is 17.5 Å². The van der Waals surface area contributed by atoms with Gasteiger partial charge in [0, 0.05) is 67.7 Å². The third kappa shape index (κ3) is 3.87. The number of nitrogens with one attached hydrogen (secondary N) is 2. The number of aromatic amines is 1. The number of piperidine rings is 1. The Morgan fingerprint density at radius 1 is 1.19 bits per heavy atom. The molecule has 2 N–H and O–H groups in total. The summed E-state index contributed by atoms with van der Waals surface area (Å²) in [5.74, 6) is 1.96. The number of nitriles is 1. The van der Waals surface area contributed by atoms with Gasteiger partial charge in [0.05, 0.1) is 17.5 Å². The highest BCUT2D eigenvalue weighted by atomic mass is 32.2. The summed E-state index contributed by atoms with van der Waals surface area (Å²) < 4.78 is 29.8. The topological polar surface area (TPSA) is 134 Å². The van der Waals surface area contributed by atoms with Crippen molar-refractivity contribution in [2.24, 2.45) is 5.92 Å². The van der Waals surface area contributed by atoms with E-state index in [4.69, 9.17) is 10.2 Å². The average Bonchev–Trinajstić information content (AvgIpc) is 3.36. The SMILES string of the molecule is Cc1cc(Nc2cc3ncccc3c(N(C)[C@@H]3C[C@H]4CC[C@@H](C3)N4S(=O)(=O)N3CC(C#N)C3)n2)n[nH]1. The molecular weight excluding hydrogens is 478 g/mol. The second-order valence-corrected chi connectivity index (χ2v) is 11.9. The summed E-state index contributed by atoms with van der Waals surface area (Å²) in [7, 11) is -1.50. The average molecular weight is 508 g/mol. The van der Waals surface area contributed by atoms with Gasteiger partial charge in [0.15, 0.2) is 5.82 Å². The summed E-state index contributed by atoms with van der Waals surface area (Å²) in [4.78, 5) is 11.7. The summed E-state index contributed by atoms with van der Waals surface area (Å²) in [6, 6.07) is 9.99. The van der Waals surface area contributed by atoms with Crippen LogP contribution in [0.2, 0.25) is 0 Å². The summed E-state index contributed by atoms with van der Waals surface area (Å²) in [6.07, 6.45) is 4.97. The van der Waals surface area contributed by atoms with Crippen molar-refractivity contribution in [2.45, 2.75) is 50.7 Å². The van der Waals surface area contributed by atoms with Crippen LogP contribution in [0.15, 0.2) is 30.5 Å². The van der Waals surface area contributed by atoms with Crippen molar-refractivity contribution in [1.82, 2.24) is 28.8 Å².